The van der Waals surface area contributed by atoms with Crippen molar-refractivity contribution in [2.24, 2.45) is 0 Å². The topological polar surface area (TPSA) is 57.8 Å². The van der Waals surface area contributed by atoms with Crippen molar-refractivity contribution < 1.29 is 4.79 Å². The van der Waals surface area contributed by atoms with E-state index in [0.717, 1.165) is 33.3 Å². The minimum absolute atomic E-state index is 0.0819. The number of rotatable bonds is 6. The summed E-state index contributed by atoms with van der Waals surface area (Å²) in [6, 6.07) is 27.5. The minimum atomic E-state index is -0.384. The Bertz CT molecular complexity index is 1330. The van der Waals surface area contributed by atoms with Crippen molar-refractivity contribution in [3.05, 3.63) is 112 Å². The van der Waals surface area contributed by atoms with Crippen molar-refractivity contribution in [2.45, 2.75) is 20.0 Å². The van der Waals surface area contributed by atoms with E-state index in [1.54, 1.807) is 6.08 Å². The van der Waals surface area contributed by atoms with Crippen LogP contribution in [0.4, 0.5) is 0 Å². The summed E-state index contributed by atoms with van der Waals surface area (Å²) >= 11 is 6.03. The molecule has 0 aliphatic rings. The van der Waals surface area contributed by atoms with Crippen LogP contribution >= 0.6 is 11.6 Å². The van der Waals surface area contributed by atoms with Gasteiger partial charge >= 0.3 is 0 Å². The highest BCUT2D eigenvalue weighted by Gasteiger charge is 2.16. The highest BCUT2D eigenvalue weighted by Crippen LogP contribution is 2.29. The van der Waals surface area contributed by atoms with Crippen LogP contribution < -0.4 is 5.32 Å². The fraction of sp³-hybridized carbons (Fsp3) is 0.111. The van der Waals surface area contributed by atoms with Crippen LogP contribution in [0.5, 0.6) is 0 Å². The van der Waals surface area contributed by atoms with Crippen molar-refractivity contribution in [1.29, 1.82) is 5.26 Å². The molecule has 0 aliphatic carbocycles. The van der Waals surface area contributed by atoms with Gasteiger partial charge in [0.25, 0.3) is 5.91 Å². The highest BCUT2D eigenvalue weighted by atomic mass is 35.5. The predicted octanol–water partition coefficient (Wildman–Crippen LogP) is 5.87. The van der Waals surface area contributed by atoms with E-state index in [2.05, 4.69) is 22.0 Å². The Morgan fingerprint density at radius 3 is 2.41 bits per heavy atom. The van der Waals surface area contributed by atoms with Gasteiger partial charge in [-0.1, -0.05) is 72.3 Å². The number of amides is 1. The number of hydrogen-bond acceptors (Lipinski definition) is 2. The number of benzene rings is 3. The molecule has 158 valence electrons. The van der Waals surface area contributed by atoms with Gasteiger partial charge in [0, 0.05) is 40.3 Å². The first-order valence-electron chi connectivity index (χ1n) is 10.3. The van der Waals surface area contributed by atoms with Crippen LogP contribution in [-0.2, 0) is 17.9 Å². The molecule has 1 amide bonds. The van der Waals surface area contributed by atoms with Gasteiger partial charge in [-0.15, -0.1) is 0 Å². The van der Waals surface area contributed by atoms with Crippen LogP contribution in [0.1, 0.15) is 22.4 Å². The second-order valence-electron chi connectivity index (χ2n) is 7.57. The molecule has 4 aromatic rings. The molecule has 1 N–H and O–H groups in total. The second-order valence-corrected chi connectivity index (χ2v) is 8.00. The lowest BCUT2D eigenvalue weighted by molar-refractivity contribution is -0.117. The number of fused-ring (bicyclic) bond motifs is 1. The highest BCUT2D eigenvalue weighted by molar-refractivity contribution is 6.30. The lowest BCUT2D eigenvalue weighted by Crippen LogP contribution is -2.23. The molecule has 4 nitrogen and oxygen atoms in total. The van der Waals surface area contributed by atoms with Crippen LogP contribution in [0.25, 0.3) is 17.0 Å². The summed E-state index contributed by atoms with van der Waals surface area (Å²) in [5.74, 6) is -0.384. The average molecular weight is 440 g/mol. The molecular formula is C27H22ClN3O. The maximum Gasteiger partial charge on any atom is 0.262 e. The molecule has 0 bridgehead atoms. The average Bonchev–Trinajstić information content (AvgIpc) is 3.08. The maximum atomic E-state index is 12.7. The fourth-order valence-corrected chi connectivity index (χ4v) is 3.91. The minimum Gasteiger partial charge on any atom is -0.347 e. The SMILES string of the molecule is Cc1c(/C=C(/C#N)C(=O)NCc2ccccc2)c2ccccc2n1Cc1ccc(Cl)cc1. The monoisotopic (exact) mass is 439 g/mol. The number of carbonyl (C=O) groups is 1. The third kappa shape index (κ3) is 4.59. The second kappa shape index (κ2) is 9.55. The smallest absolute Gasteiger partial charge is 0.262 e. The Morgan fingerprint density at radius 1 is 1.00 bits per heavy atom. The number of carbonyl (C=O) groups excluding carboxylic acids is 1. The first kappa shape index (κ1) is 21.4. The summed E-state index contributed by atoms with van der Waals surface area (Å²) in [5, 5.41) is 14.2. The molecule has 0 unspecified atom stereocenters. The summed E-state index contributed by atoms with van der Waals surface area (Å²) in [5.41, 5.74) is 5.10. The molecule has 4 rings (SSSR count). The maximum absolute atomic E-state index is 12.7. The largest absolute Gasteiger partial charge is 0.347 e. The van der Waals surface area contributed by atoms with Crippen LogP contribution in [0, 0.1) is 18.3 Å². The van der Waals surface area contributed by atoms with Crippen LogP contribution in [0.15, 0.2) is 84.4 Å². The van der Waals surface area contributed by atoms with Crippen molar-refractivity contribution >= 4 is 34.5 Å². The Kier molecular flexibility index (Phi) is 6.39. The molecule has 0 saturated heterocycles. The molecular weight excluding hydrogens is 418 g/mol. The van der Waals surface area contributed by atoms with E-state index in [-0.39, 0.29) is 11.5 Å². The normalized spacial score (nSPS) is 11.3. The Morgan fingerprint density at radius 2 is 1.69 bits per heavy atom. The molecule has 3 aromatic carbocycles. The molecule has 1 heterocycles. The molecule has 32 heavy (non-hydrogen) atoms. The Hall–Kier alpha value is -3.81. The van der Waals surface area contributed by atoms with Gasteiger partial charge in [-0.3, -0.25) is 4.79 Å². The molecule has 0 atom stereocenters. The molecule has 5 heteroatoms. The van der Waals surface area contributed by atoms with E-state index in [0.29, 0.717) is 18.1 Å². The third-order valence-corrected chi connectivity index (χ3v) is 5.74. The van der Waals surface area contributed by atoms with Gasteiger partial charge in [0.05, 0.1) is 0 Å². The van der Waals surface area contributed by atoms with Crippen molar-refractivity contribution in [3.8, 4) is 6.07 Å². The lowest BCUT2D eigenvalue weighted by atomic mass is 10.1. The zero-order valence-electron chi connectivity index (χ0n) is 17.7. The Labute approximate surface area is 192 Å². The Balaban J connectivity index is 1.67. The standard InChI is InChI=1S/C27H22ClN3O/c1-19-25(15-22(16-29)27(32)30-17-20-7-3-2-4-8-20)24-9-5-6-10-26(24)31(19)18-21-11-13-23(28)14-12-21/h2-15H,17-18H2,1H3,(H,30,32)/b22-15-. The van der Waals surface area contributed by atoms with Gasteiger partial charge in [-0.25, -0.2) is 0 Å². The van der Waals surface area contributed by atoms with Gasteiger partial charge in [0.15, 0.2) is 0 Å². The van der Waals surface area contributed by atoms with Gasteiger partial charge in [0.2, 0.25) is 0 Å². The van der Waals surface area contributed by atoms with Crippen molar-refractivity contribution in [2.75, 3.05) is 0 Å². The fourth-order valence-electron chi connectivity index (χ4n) is 3.78. The van der Waals surface area contributed by atoms with Crippen LogP contribution in [-0.4, -0.2) is 10.5 Å². The number of para-hydroxylation sites is 1. The van der Waals surface area contributed by atoms with Crippen LogP contribution in [0.3, 0.4) is 0 Å². The predicted molar refractivity (Wildman–Crippen MR) is 129 cm³/mol. The van der Waals surface area contributed by atoms with Crippen molar-refractivity contribution in [3.63, 3.8) is 0 Å². The molecule has 0 fully saturated rings. The van der Waals surface area contributed by atoms with Gasteiger partial charge in [0.1, 0.15) is 11.6 Å². The summed E-state index contributed by atoms with van der Waals surface area (Å²) in [6.45, 7) is 3.05. The molecule has 0 saturated carbocycles. The van der Waals surface area contributed by atoms with E-state index >= 15 is 0 Å². The molecule has 0 aliphatic heterocycles. The zero-order valence-corrected chi connectivity index (χ0v) is 18.4. The summed E-state index contributed by atoms with van der Waals surface area (Å²) in [6.07, 6.45) is 1.69. The molecule has 0 spiro atoms. The zero-order chi connectivity index (χ0) is 22.5. The van der Waals surface area contributed by atoms with Gasteiger partial charge in [-0.2, -0.15) is 5.26 Å². The van der Waals surface area contributed by atoms with Gasteiger partial charge in [-0.05, 0) is 42.3 Å². The van der Waals surface area contributed by atoms with E-state index in [1.165, 1.54) is 0 Å². The number of nitrogens with one attached hydrogen (secondary N) is 1. The van der Waals surface area contributed by atoms with E-state index < -0.39 is 0 Å². The van der Waals surface area contributed by atoms with E-state index in [4.69, 9.17) is 11.6 Å². The van der Waals surface area contributed by atoms with Crippen molar-refractivity contribution in [1.82, 2.24) is 9.88 Å². The van der Waals surface area contributed by atoms with Crippen LogP contribution in [0.2, 0.25) is 5.02 Å². The number of aromatic nitrogens is 1. The molecule has 1 aromatic heterocycles. The quantitative estimate of drug-likeness (QED) is 0.301. The third-order valence-electron chi connectivity index (χ3n) is 5.48. The first-order chi connectivity index (χ1) is 15.6. The number of halogens is 1. The summed E-state index contributed by atoms with van der Waals surface area (Å²) in [4.78, 5) is 12.7. The first-order valence-corrected chi connectivity index (χ1v) is 10.7. The van der Waals surface area contributed by atoms with Gasteiger partial charge < -0.3 is 9.88 Å². The molecule has 0 radical (unpaired) electrons. The summed E-state index contributed by atoms with van der Waals surface area (Å²) < 4.78 is 2.20. The number of hydrogen-bond donors (Lipinski definition) is 1. The number of nitriles is 1. The lowest BCUT2D eigenvalue weighted by Gasteiger charge is -2.09. The number of nitrogens with zero attached hydrogens (tertiary/aromatic N) is 2. The van der Waals surface area contributed by atoms with E-state index in [1.807, 2.05) is 79.7 Å². The van der Waals surface area contributed by atoms with E-state index in [9.17, 15) is 10.1 Å². The summed E-state index contributed by atoms with van der Waals surface area (Å²) in [7, 11) is 0.